The van der Waals surface area contributed by atoms with Gasteiger partial charge in [-0.25, -0.2) is 8.42 Å². The van der Waals surface area contributed by atoms with Gasteiger partial charge in [0.2, 0.25) is 10.0 Å². The molecule has 0 aromatic heterocycles. The maximum Gasteiger partial charge on any atom is 0.348 e. The van der Waals surface area contributed by atoms with Crippen LogP contribution < -0.4 is 15.3 Å². The van der Waals surface area contributed by atoms with E-state index in [9.17, 15) is 22.9 Å². The molecular weight excluding hydrogens is 489 g/mol. The number of Topliss-reactive ketones (excluding diaryl/α,β-unsaturated/α-hetero) is 1. The van der Waals surface area contributed by atoms with Gasteiger partial charge in [0.05, 0.1) is 22.7 Å². The lowest BCUT2D eigenvalue weighted by molar-refractivity contribution is -0.120. The molecule has 2 atom stereocenters. The molecule has 0 saturated carbocycles. The largest absolute Gasteiger partial charge is 0.506 e. The van der Waals surface area contributed by atoms with Gasteiger partial charge in [0, 0.05) is 18.4 Å². The molecule has 1 aliphatic heterocycles. The van der Waals surface area contributed by atoms with Gasteiger partial charge in [-0.2, -0.15) is 4.76 Å². The summed E-state index contributed by atoms with van der Waals surface area (Å²) in [4.78, 5) is 13.9. The van der Waals surface area contributed by atoms with Crippen molar-refractivity contribution in [3.63, 3.8) is 0 Å². The van der Waals surface area contributed by atoms with E-state index in [0.717, 1.165) is 11.8 Å². The minimum Gasteiger partial charge on any atom is -0.506 e. The van der Waals surface area contributed by atoms with Crippen molar-refractivity contribution in [1.29, 1.82) is 0 Å². The average molecular weight is 518 g/mol. The second-order valence-electron chi connectivity index (χ2n) is 9.41. The van der Waals surface area contributed by atoms with Crippen molar-refractivity contribution in [3.05, 3.63) is 59.2 Å². The third kappa shape index (κ3) is 4.42. The number of ketones is 1. The summed E-state index contributed by atoms with van der Waals surface area (Å²) in [5, 5.41) is 14.4. The quantitative estimate of drug-likeness (QED) is 0.489. The Morgan fingerprint density at radius 3 is 2.54 bits per heavy atom. The smallest absolute Gasteiger partial charge is 0.348 e. The molecule has 2 aliphatic rings. The van der Waals surface area contributed by atoms with Crippen molar-refractivity contribution >= 4 is 51.6 Å². The number of rotatable bonds is 6. The number of fused-ring (bicyclic) bond motifs is 2. The van der Waals surface area contributed by atoms with E-state index in [1.807, 2.05) is 32.9 Å². The Morgan fingerprint density at radius 1 is 1.23 bits per heavy atom. The van der Waals surface area contributed by atoms with Gasteiger partial charge < -0.3 is 14.9 Å². The SMILES string of the molecule is COP1(=O)N=C(C2=C(O)c3ccccc3C(C)(CC(C)C)C2=O)Nc2ccc(NS(C)(=O)=O)cc21. The first-order valence-corrected chi connectivity index (χ1v) is 14.5. The van der Waals surface area contributed by atoms with Gasteiger partial charge in [-0.1, -0.05) is 38.1 Å². The number of benzene rings is 2. The number of hydrogen-bond acceptors (Lipinski definition) is 7. The molecule has 1 heterocycles. The minimum absolute atomic E-state index is 0.0570. The Hall–Kier alpha value is -2.94. The van der Waals surface area contributed by atoms with Crippen LogP contribution in [0.3, 0.4) is 0 Å². The zero-order valence-corrected chi connectivity index (χ0v) is 21.8. The van der Waals surface area contributed by atoms with Crippen LogP contribution in [0.1, 0.15) is 38.3 Å². The number of hydrogen-bond donors (Lipinski definition) is 3. The van der Waals surface area contributed by atoms with Gasteiger partial charge in [0.1, 0.15) is 17.2 Å². The van der Waals surface area contributed by atoms with E-state index in [-0.39, 0.29) is 39.9 Å². The van der Waals surface area contributed by atoms with Gasteiger partial charge in [0.15, 0.2) is 5.78 Å². The van der Waals surface area contributed by atoms with Crippen LogP contribution in [0.15, 0.2) is 52.8 Å². The molecule has 11 heteroatoms. The fraction of sp³-hybridized carbons (Fsp3) is 0.333. The Labute approximate surface area is 204 Å². The molecule has 0 bridgehead atoms. The number of aliphatic hydroxyl groups excluding tert-OH is 1. The fourth-order valence-corrected chi connectivity index (χ4v) is 6.88. The molecule has 0 fully saturated rings. The molecule has 1 aliphatic carbocycles. The second-order valence-corrected chi connectivity index (χ2v) is 13.2. The lowest BCUT2D eigenvalue weighted by Gasteiger charge is -2.37. The average Bonchev–Trinajstić information content (AvgIpc) is 2.77. The summed E-state index contributed by atoms with van der Waals surface area (Å²) in [7, 11) is -6.25. The Kier molecular flexibility index (Phi) is 6.20. The van der Waals surface area contributed by atoms with Crippen LogP contribution in [0.2, 0.25) is 0 Å². The van der Waals surface area contributed by atoms with E-state index < -0.39 is 23.0 Å². The van der Waals surface area contributed by atoms with Crippen LogP contribution in [0, 0.1) is 5.92 Å². The molecule has 9 nitrogen and oxygen atoms in total. The van der Waals surface area contributed by atoms with E-state index in [1.165, 1.54) is 25.3 Å². The van der Waals surface area contributed by atoms with Gasteiger partial charge in [-0.05, 0) is 43.0 Å². The maximum absolute atomic E-state index is 13.9. The van der Waals surface area contributed by atoms with Gasteiger partial charge in [-0.15, -0.1) is 0 Å². The van der Waals surface area contributed by atoms with Crippen LogP contribution in [-0.2, 0) is 29.3 Å². The zero-order chi connectivity index (χ0) is 25.8. The zero-order valence-electron chi connectivity index (χ0n) is 20.1. The summed E-state index contributed by atoms with van der Waals surface area (Å²) < 4.78 is 49.0. The third-order valence-corrected chi connectivity index (χ3v) is 8.68. The highest BCUT2D eigenvalue weighted by molar-refractivity contribution is 7.92. The van der Waals surface area contributed by atoms with E-state index in [2.05, 4.69) is 14.8 Å². The molecule has 0 amide bonds. The van der Waals surface area contributed by atoms with Gasteiger partial charge in [-0.3, -0.25) is 14.1 Å². The number of aliphatic hydroxyl groups is 1. The fourth-order valence-electron chi connectivity index (χ4n) is 4.79. The third-order valence-electron chi connectivity index (χ3n) is 6.13. The van der Waals surface area contributed by atoms with Crippen molar-refractivity contribution in [1.82, 2.24) is 0 Å². The summed E-state index contributed by atoms with van der Waals surface area (Å²) in [6.07, 6.45) is 1.54. The lowest BCUT2D eigenvalue weighted by Crippen LogP contribution is -2.43. The molecule has 0 saturated heterocycles. The summed E-state index contributed by atoms with van der Waals surface area (Å²) in [5.41, 5.74) is 0.767. The number of carbonyl (C=O) groups is 1. The first-order chi connectivity index (χ1) is 16.3. The highest BCUT2D eigenvalue weighted by Gasteiger charge is 2.47. The van der Waals surface area contributed by atoms with Crippen molar-refractivity contribution in [2.45, 2.75) is 32.6 Å². The first-order valence-electron chi connectivity index (χ1n) is 11.0. The number of amidine groups is 1. The standard InChI is InChI=1S/C24H28N3O6PS/c1-14(2)13-24(3)17-9-7-6-8-16(17)21(28)20(22(24)29)23-25-18-11-10-15(27-35(5,31)32)12-19(18)34(30,26-23)33-4/h6-12,14,27-28H,13H2,1-5H3,(H,25,26,30). The van der Waals surface area contributed by atoms with Crippen LogP contribution in [0.25, 0.3) is 5.76 Å². The molecule has 3 N–H and O–H groups in total. The van der Waals surface area contributed by atoms with E-state index in [4.69, 9.17) is 4.52 Å². The highest BCUT2D eigenvalue weighted by atomic mass is 32.2. The molecular formula is C24H28N3O6PS. The molecule has 186 valence electrons. The predicted octanol–water partition coefficient (Wildman–Crippen LogP) is 4.20. The van der Waals surface area contributed by atoms with Crippen molar-refractivity contribution in [2.24, 2.45) is 10.7 Å². The van der Waals surface area contributed by atoms with Gasteiger partial charge in [0.25, 0.3) is 0 Å². The van der Waals surface area contributed by atoms with Crippen molar-refractivity contribution < 1.29 is 27.4 Å². The number of nitrogens with one attached hydrogen (secondary N) is 2. The topological polar surface area (TPSA) is 134 Å². The second kappa shape index (κ2) is 8.62. The minimum atomic E-state index is -3.91. The summed E-state index contributed by atoms with van der Waals surface area (Å²) in [6.45, 7) is 5.89. The van der Waals surface area contributed by atoms with Crippen molar-refractivity contribution in [3.8, 4) is 0 Å². The van der Waals surface area contributed by atoms with E-state index in [0.29, 0.717) is 17.7 Å². The summed E-state index contributed by atoms with van der Waals surface area (Å²) in [6, 6.07) is 11.6. The Bertz CT molecular complexity index is 1450. The van der Waals surface area contributed by atoms with E-state index in [1.54, 1.807) is 12.1 Å². The Morgan fingerprint density at radius 2 is 1.91 bits per heavy atom. The van der Waals surface area contributed by atoms with Crippen LogP contribution in [-0.4, -0.2) is 38.5 Å². The molecule has 2 aromatic carbocycles. The molecule has 35 heavy (non-hydrogen) atoms. The monoisotopic (exact) mass is 517 g/mol. The summed E-state index contributed by atoms with van der Waals surface area (Å²) >= 11 is 0. The maximum atomic E-state index is 13.9. The molecule has 4 rings (SSSR count). The summed E-state index contributed by atoms with van der Waals surface area (Å²) in [5.74, 6) is -0.459. The normalized spacial score (nSPS) is 23.9. The van der Waals surface area contributed by atoms with Crippen molar-refractivity contribution in [2.75, 3.05) is 23.4 Å². The number of sulfonamides is 1. The number of carbonyl (C=O) groups excluding carboxylic acids is 1. The van der Waals surface area contributed by atoms with Crippen LogP contribution in [0.5, 0.6) is 0 Å². The van der Waals surface area contributed by atoms with E-state index >= 15 is 0 Å². The van der Waals surface area contributed by atoms with Crippen LogP contribution in [0.4, 0.5) is 11.4 Å². The molecule has 2 aromatic rings. The lowest BCUT2D eigenvalue weighted by atomic mass is 9.66. The molecule has 0 radical (unpaired) electrons. The number of anilines is 2. The molecule has 2 unspecified atom stereocenters. The predicted molar refractivity (Wildman–Crippen MR) is 138 cm³/mol. The molecule has 0 spiro atoms. The highest BCUT2D eigenvalue weighted by Crippen LogP contribution is 2.53. The van der Waals surface area contributed by atoms with Crippen LogP contribution >= 0.6 is 7.52 Å². The van der Waals surface area contributed by atoms with Gasteiger partial charge >= 0.3 is 7.52 Å². The number of nitrogens with zero attached hydrogens (tertiary/aromatic N) is 1. The first kappa shape index (κ1) is 25.2. The Balaban J connectivity index is 1.89.